The van der Waals surface area contributed by atoms with E-state index in [1.807, 2.05) is 0 Å². The van der Waals surface area contributed by atoms with Gasteiger partial charge >= 0.3 is 11.9 Å². The van der Waals surface area contributed by atoms with Crippen LogP contribution in [0.25, 0.3) is 0 Å². The molecule has 0 aliphatic heterocycles. The highest BCUT2D eigenvalue weighted by atomic mass is 31.2. The molecule has 0 aromatic rings. The topological polar surface area (TPSA) is 122 Å². The maximum absolute atomic E-state index is 12.3. The van der Waals surface area contributed by atoms with Gasteiger partial charge in [-0.1, -0.05) is 141 Å². The molecule has 48 heavy (non-hydrogen) atoms. The Hall–Kier alpha value is -1.47. The summed E-state index contributed by atoms with van der Waals surface area (Å²) in [5.74, 6) is -0.937. The van der Waals surface area contributed by atoms with Crippen LogP contribution in [0.3, 0.4) is 0 Å². The van der Waals surface area contributed by atoms with Gasteiger partial charge in [0.15, 0.2) is 6.10 Å². The molecular formula is C39H72O8P-. The lowest BCUT2D eigenvalue weighted by Gasteiger charge is -2.21. The number of rotatable bonds is 36. The lowest BCUT2D eigenvalue weighted by Crippen LogP contribution is -2.30. The van der Waals surface area contributed by atoms with Crippen molar-refractivity contribution in [3.63, 3.8) is 0 Å². The van der Waals surface area contributed by atoms with Crippen molar-refractivity contribution in [2.24, 2.45) is 0 Å². The normalized spacial score (nSPS) is 13.7. The average Bonchev–Trinajstić information content (AvgIpc) is 3.05. The fraction of sp³-hybridized carbons (Fsp3) is 0.846. The molecule has 0 heterocycles. The number of esters is 2. The van der Waals surface area contributed by atoms with E-state index in [0.717, 1.165) is 64.2 Å². The number of phosphoric ester groups is 1. The van der Waals surface area contributed by atoms with Crippen LogP contribution in [-0.2, 0) is 28.2 Å². The van der Waals surface area contributed by atoms with Crippen molar-refractivity contribution in [2.45, 2.75) is 200 Å². The van der Waals surface area contributed by atoms with E-state index >= 15 is 0 Å². The third-order valence-electron chi connectivity index (χ3n) is 8.44. The largest absolute Gasteiger partial charge is 0.756 e. The maximum Gasteiger partial charge on any atom is 0.306 e. The average molecular weight is 700 g/mol. The molecule has 0 amide bonds. The first-order valence-corrected chi connectivity index (χ1v) is 21.1. The molecule has 0 fully saturated rings. The van der Waals surface area contributed by atoms with Gasteiger partial charge in [-0.25, -0.2) is 0 Å². The van der Waals surface area contributed by atoms with E-state index in [4.69, 9.17) is 14.4 Å². The van der Waals surface area contributed by atoms with Crippen molar-refractivity contribution < 1.29 is 37.9 Å². The summed E-state index contributed by atoms with van der Waals surface area (Å²) in [7, 11) is -5.00. The fourth-order valence-electron chi connectivity index (χ4n) is 5.48. The van der Waals surface area contributed by atoms with Gasteiger partial charge in [-0.2, -0.15) is 0 Å². The van der Waals surface area contributed by atoms with Crippen LogP contribution in [0.2, 0.25) is 0 Å². The van der Waals surface area contributed by atoms with Crippen LogP contribution in [0.4, 0.5) is 0 Å². The monoisotopic (exact) mass is 699 g/mol. The smallest absolute Gasteiger partial charge is 0.306 e. The number of unbranched alkanes of at least 4 members (excludes halogenated alkanes) is 22. The summed E-state index contributed by atoms with van der Waals surface area (Å²) in [4.78, 5) is 44.6. The molecule has 9 heteroatoms. The van der Waals surface area contributed by atoms with Crippen LogP contribution in [-0.4, -0.2) is 36.1 Å². The summed E-state index contributed by atoms with van der Waals surface area (Å²) in [5.41, 5.74) is 0. The van der Waals surface area contributed by atoms with Crippen LogP contribution in [0.5, 0.6) is 0 Å². The molecule has 282 valence electrons. The second-order valence-corrected chi connectivity index (χ2v) is 14.4. The Morgan fingerprint density at radius 2 is 0.917 bits per heavy atom. The van der Waals surface area contributed by atoms with Crippen LogP contribution in [0.1, 0.15) is 194 Å². The molecule has 0 aliphatic carbocycles. The molecule has 0 aromatic carbocycles. The summed E-state index contributed by atoms with van der Waals surface area (Å²) < 4.78 is 26.0. The van der Waals surface area contributed by atoms with Gasteiger partial charge in [0.1, 0.15) is 6.61 Å². The summed E-state index contributed by atoms with van der Waals surface area (Å²) in [5, 5.41) is 0. The number of ether oxygens (including phenoxy) is 2. The summed E-state index contributed by atoms with van der Waals surface area (Å²) in [6.45, 7) is 3.57. The zero-order valence-electron chi connectivity index (χ0n) is 30.9. The van der Waals surface area contributed by atoms with E-state index in [2.05, 4.69) is 42.7 Å². The van der Waals surface area contributed by atoms with Gasteiger partial charge in [-0.05, 0) is 64.2 Å². The van der Waals surface area contributed by atoms with E-state index in [1.165, 1.54) is 89.9 Å². The van der Waals surface area contributed by atoms with Gasteiger partial charge in [0.05, 0.1) is 6.61 Å². The van der Waals surface area contributed by atoms with E-state index in [1.54, 1.807) is 0 Å². The minimum Gasteiger partial charge on any atom is -0.756 e. The van der Waals surface area contributed by atoms with E-state index in [-0.39, 0.29) is 19.4 Å². The molecule has 0 bridgehead atoms. The van der Waals surface area contributed by atoms with Crippen molar-refractivity contribution in [2.75, 3.05) is 13.2 Å². The van der Waals surface area contributed by atoms with E-state index in [9.17, 15) is 19.0 Å². The molecule has 0 radical (unpaired) electrons. The van der Waals surface area contributed by atoms with Crippen molar-refractivity contribution in [3.05, 3.63) is 24.3 Å². The fourth-order valence-corrected chi connectivity index (χ4v) is 5.83. The molecule has 0 saturated carbocycles. The van der Waals surface area contributed by atoms with Crippen molar-refractivity contribution in [3.8, 4) is 0 Å². The number of hydrogen-bond acceptors (Lipinski definition) is 7. The SMILES string of the molecule is CCCCCCCC/C=C\CCCCCCCC(=O)OC[C@H](COP(=O)([O-])O)OC(=O)CCCCCCC/C=C\CCCCCCCC. The standard InChI is InChI=1S/C39H73O8P/c1-3-5-7-9-11-13-15-17-19-21-23-25-27-29-31-33-38(40)45-35-37(36-46-48(42,43)44)47-39(41)34-32-30-28-26-24-22-20-18-16-14-12-10-8-6-4-2/h17-20,37H,3-16,21-36H2,1-2H3,(H2,42,43,44)/p-1/b19-17-,20-18-/t37-/m1/s1. The van der Waals surface area contributed by atoms with Crippen molar-refractivity contribution in [1.82, 2.24) is 0 Å². The predicted molar refractivity (Wildman–Crippen MR) is 196 cm³/mol. The van der Waals surface area contributed by atoms with Gasteiger partial charge in [0, 0.05) is 12.8 Å². The first-order chi connectivity index (χ1) is 23.3. The van der Waals surface area contributed by atoms with Gasteiger partial charge in [0.25, 0.3) is 7.82 Å². The highest BCUT2D eigenvalue weighted by Crippen LogP contribution is 2.30. The van der Waals surface area contributed by atoms with E-state index < -0.39 is 32.5 Å². The Balaban J connectivity index is 3.97. The summed E-state index contributed by atoms with van der Waals surface area (Å²) in [6, 6.07) is 0. The minimum absolute atomic E-state index is 0.186. The van der Waals surface area contributed by atoms with Crippen LogP contribution >= 0.6 is 7.82 Å². The summed E-state index contributed by atoms with van der Waals surface area (Å²) in [6.07, 6.45) is 38.7. The number of allylic oxidation sites excluding steroid dienone is 4. The molecule has 1 N–H and O–H groups in total. The Bertz CT molecular complexity index is 838. The molecule has 0 rings (SSSR count). The molecule has 2 atom stereocenters. The zero-order chi connectivity index (χ0) is 35.4. The zero-order valence-corrected chi connectivity index (χ0v) is 31.7. The van der Waals surface area contributed by atoms with Crippen molar-refractivity contribution in [1.29, 1.82) is 0 Å². The molecule has 0 saturated heterocycles. The molecule has 0 aromatic heterocycles. The van der Waals surface area contributed by atoms with Crippen LogP contribution in [0.15, 0.2) is 24.3 Å². The Kier molecular flexibility index (Phi) is 34.3. The number of carbonyl (C=O) groups excluding carboxylic acids is 2. The molecule has 0 aliphatic rings. The van der Waals surface area contributed by atoms with E-state index in [0.29, 0.717) is 12.8 Å². The van der Waals surface area contributed by atoms with Crippen LogP contribution < -0.4 is 4.89 Å². The number of hydrogen-bond donors (Lipinski definition) is 1. The highest BCUT2D eigenvalue weighted by Gasteiger charge is 2.19. The second-order valence-electron chi connectivity index (χ2n) is 13.2. The maximum atomic E-state index is 12.3. The quantitative estimate of drug-likeness (QED) is 0.0297. The van der Waals surface area contributed by atoms with Gasteiger partial charge in [0.2, 0.25) is 0 Å². The van der Waals surface area contributed by atoms with Gasteiger partial charge in [-0.15, -0.1) is 0 Å². The first kappa shape index (κ1) is 46.5. The molecule has 0 spiro atoms. The lowest BCUT2D eigenvalue weighted by molar-refractivity contribution is -0.223. The minimum atomic E-state index is -5.00. The number of carbonyl (C=O) groups is 2. The Morgan fingerprint density at radius 3 is 1.31 bits per heavy atom. The molecule has 1 unspecified atom stereocenters. The van der Waals surface area contributed by atoms with Crippen LogP contribution in [0, 0.1) is 0 Å². The first-order valence-electron chi connectivity index (χ1n) is 19.6. The third kappa shape index (κ3) is 37.4. The predicted octanol–water partition coefficient (Wildman–Crippen LogP) is 11.0. The van der Waals surface area contributed by atoms with Gasteiger partial charge in [-0.3, -0.25) is 14.2 Å². The van der Waals surface area contributed by atoms with Crippen molar-refractivity contribution >= 4 is 19.8 Å². The highest BCUT2D eigenvalue weighted by molar-refractivity contribution is 7.44. The number of phosphoric acid groups is 1. The molecular weight excluding hydrogens is 627 g/mol. The lowest BCUT2D eigenvalue weighted by atomic mass is 10.1. The molecule has 8 nitrogen and oxygen atoms in total. The third-order valence-corrected chi connectivity index (χ3v) is 8.91. The summed E-state index contributed by atoms with van der Waals surface area (Å²) >= 11 is 0. The second kappa shape index (κ2) is 35.4. The van der Waals surface area contributed by atoms with Gasteiger partial charge < -0.3 is 23.8 Å². The Labute approximate surface area is 294 Å². The Morgan fingerprint density at radius 1 is 0.562 bits per heavy atom.